The molecule has 0 radical (unpaired) electrons. The molecule has 1 fully saturated rings. The molecule has 0 spiro atoms. The first-order chi connectivity index (χ1) is 7.92. The van der Waals surface area contributed by atoms with E-state index in [-0.39, 0.29) is 0 Å². The van der Waals surface area contributed by atoms with Crippen LogP contribution in [0, 0.1) is 0 Å². The van der Waals surface area contributed by atoms with Crippen LogP contribution in [-0.4, -0.2) is 31.2 Å². The van der Waals surface area contributed by atoms with Crippen molar-refractivity contribution in [2.24, 2.45) is 0 Å². The number of ether oxygens (including phenoxy) is 1. The molecule has 0 aliphatic carbocycles. The third-order valence-corrected chi connectivity index (χ3v) is 3.41. The lowest BCUT2D eigenvalue weighted by molar-refractivity contribution is 0.0342. The maximum Gasteiger partial charge on any atom is 0.0594 e. The van der Waals surface area contributed by atoms with Crippen LogP contribution in [0.1, 0.15) is 16.7 Å². The summed E-state index contributed by atoms with van der Waals surface area (Å²) in [6, 6.07) is 6.89. The van der Waals surface area contributed by atoms with Crippen LogP contribution in [0.3, 0.4) is 0 Å². The summed E-state index contributed by atoms with van der Waals surface area (Å²) >= 11 is 0. The number of nitrogens with one attached hydrogen (secondary N) is 1. The standard InChI is InChI=1S/C13H18N2O/c1-2-12-8-14-9-13(12)7-11(1)10-15-3-5-16-6-4-15/h1-2,7,14H,3-6,8-10H2. The smallest absolute Gasteiger partial charge is 0.0594 e. The Labute approximate surface area is 96.4 Å². The van der Waals surface area contributed by atoms with Crippen LogP contribution in [0.25, 0.3) is 0 Å². The highest BCUT2D eigenvalue weighted by molar-refractivity contribution is 5.34. The van der Waals surface area contributed by atoms with E-state index in [2.05, 4.69) is 28.4 Å². The molecule has 3 nitrogen and oxygen atoms in total. The molecule has 16 heavy (non-hydrogen) atoms. The van der Waals surface area contributed by atoms with Crippen molar-refractivity contribution in [3.8, 4) is 0 Å². The zero-order valence-corrected chi connectivity index (χ0v) is 9.54. The van der Waals surface area contributed by atoms with Crippen molar-refractivity contribution in [3.63, 3.8) is 0 Å². The Morgan fingerprint density at radius 1 is 1.12 bits per heavy atom. The van der Waals surface area contributed by atoms with E-state index in [1.165, 1.54) is 16.7 Å². The predicted molar refractivity (Wildman–Crippen MR) is 63.1 cm³/mol. The molecular weight excluding hydrogens is 200 g/mol. The first kappa shape index (κ1) is 10.3. The molecule has 2 aliphatic heterocycles. The summed E-state index contributed by atoms with van der Waals surface area (Å²) in [6.45, 7) is 7.03. The Bertz CT molecular complexity index is 372. The Morgan fingerprint density at radius 3 is 2.81 bits per heavy atom. The van der Waals surface area contributed by atoms with E-state index in [1.807, 2.05) is 0 Å². The van der Waals surface area contributed by atoms with Crippen molar-refractivity contribution in [1.82, 2.24) is 10.2 Å². The molecule has 1 N–H and O–H groups in total. The predicted octanol–water partition coefficient (Wildman–Crippen LogP) is 1.12. The highest BCUT2D eigenvalue weighted by Gasteiger charge is 2.13. The Hall–Kier alpha value is -0.900. The minimum absolute atomic E-state index is 0.881. The summed E-state index contributed by atoms with van der Waals surface area (Å²) in [5.41, 5.74) is 4.38. The van der Waals surface area contributed by atoms with Gasteiger partial charge in [0, 0.05) is 32.7 Å². The van der Waals surface area contributed by atoms with Crippen LogP contribution in [0.15, 0.2) is 18.2 Å². The molecule has 0 saturated carbocycles. The summed E-state index contributed by atoms with van der Waals surface area (Å²) in [5, 5.41) is 3.38. The molecule has 1 saturated heterocycles. The number of hydrogen-bond acceptors (Lipinski definition) is 3. The number of nitrogens with zero attached hydrogens (tertiary/aromatic N) is 1. The van der Waals surface area contributed by atoms with Gasteiger partial charge in [0.2, 0.25) is 0 Å². The van der Waals surface area contributed by atoms with E-state index in [0.717, 1.165) is 45.9 Å². The molecule has 3 rings (SSSR count). The molecule has 86 valence electrons. The number of hydrogen-bond donors (Lipinski definition) is 1. The number of morpholine rings is 1. The van der Waals surface area contributed by atoms with Gasteiger partial charge in [-0.1, -0.05) is 18.2 Å². The summed E-state index contributed by atoms with van der Waals surface area (Å²) in [6.07, 6.45) is 0. The minimum atomic E-state index is 0.881. The van der Waals surface area contributed by atoms with E-state index < -0.39 is 0 Å². The normalized spacial score (nSPS) is 21.0. The second-order valence-electron chi connectivity index (χ2n) is 4.60. The highest BCUT2D eigenvalue weighted by atomic mass is 16.5. The van der Waals surface area contributed by atoms with Gasteiger partial charge in [0.15, 0.2) is 0 Å². The van der Waals surface area contributed by atoms with Gasteiger partial charge in [-0.25, -0.2) is 0 Å². The average Bonchev–Trinajstić information content (AvgIpc) is 2.77. The van der Waals surface area contributed by atoms with Crippen LogP contribution < -0.4 is 5.32 Å². The Kier molecular flexibility index (Phi) is 2.91. The van der Waals surface area contributed by atoms with Crippen molar-refractivity contribution < 1.29 is 4.74 Å². The summed E-state index contributed by atoms with van der Waals surface area (Å²) in [7, 11) is 0. The van der Waals surface area contributed by atoms with Crippen molar-refractivity contribution >= 4 is 0 Å². The first-order valence-electron chi connectivity index (χ1n) is 6.03. The summed E-state index contributed by atoms with van der Waals surface area (Å²) in [5.74, 6) is 0. The third kappa shape index (κ3) is 2.12. The molecule has 0 bridgehead atoms. The van der Waals surface area contributed by atoms with E-state index in [1.54, 1.807) is 0 Å². The quantitative estimate of drug-likeness (QED) is 0.805. The fraction of sp³-hybridized carbons (Fsp3) is 0.538. The van der Waals surface area contributed by atoms with E-state index in [9.17, 15) is 0 Å². The molecule has 0 unspecified atom stereocenters. The molecule has 0 amide bonds. The van der Waals surface area contributed by atoms with Gasteiger partial charge in [0.05, 0.1) is 13.2 Å². The van der Waals surface area contributed by atoms with Gasteiger partial charge in [-0.2, -0.15) is 0 Å². The van der Waals surface area contributed by atoms with Gasteiger partial charge in [0.25, 0.3) is 0 Å². The van der Waals surface area contributed by atoms with Gasteiger partial charge in [-0.15, -0.1) is 0 Å². The molecule has 0 atom stereocenters. The number of rotatable bonds is 2. The second kappa shape index (κ2) is 4.53. The van der Waals surface area contributed by atoms with Gasteiger partial charge >= 0.3 is 0 Å². The summed E-state index contributed by atoms with van der Waals surface area (Å²) < 4.78 is 5.36. The average molecular weight is 218 g/mol. The molecule has 2 heterocycles. The monoisotopic (exact) mass is 218 g/mol. The fourth-order valence-corrected chi connectivity index (χ4v) is 2.46. The lowest BCUT2D eigenvalue weighted by Crippen LogP contribution is -2.35. The molecule has 2 aliphatic rings. The minimum Gasteiger partial charge on any atom is -0.379 e. The van der Waals surface area contributed by atoms with Crippen LogP contribution in [0.2, 0.25) is 0 Å². The SMILES string of the molecule is c1cc2c(cc1CN1CCOCC1)CNC2. The van der Waals surface area contributed by atoms with Crippen LogP contribution in [0.4, 0.5) is 0 Å². The highest BCUT2D eigenvalue weighted by Crippen LogP contribution is 2.18. The number of benzene rings is 1. The van der Waals surface area contributed by atoms with Gasteiger partial charge in [-0.3, -0.25) is 4.90 Å². The Balaban J connectivity index is 1.69. The largest absolute Gasteiger partial charge is 0.379 e. The molecule has 1 aromatic rings. The molecule has 3 heteroatoms. The molecule has 0 aromatic heterocycles. The lowest BCUT2D eigenvalue weighted by atomic mass is 10.1. The molecular formula is C13H18N2O. The maximum atomic E-state index is 5.36. The van der Waals surface area contributed by atoms with Crippen molar-refractivity contribution in [2.45, 2.75) is 19.6 Å². The fourth-order valence-electron chi connectivity index (χ4n) is 2.46. The van der Waals surface area contributed by atoms with Gasteiger partial charge in [-0.05, 0) is 16.7 Å². The third-order valence-electron chi connectivity index (χ3n) is 3.41. The number of fused-ring (bicyclic) bond motifs is 1. The van der Waals surface area contributed by atoms with Crippen LogP contribution >= 0.6 is 0 Å². The van der Waals surface area contributed by atoms with E-state index in [0.29, 0.717) is 0 Å². The first-order valence-corrected chi connectivity index (χ1v) is 6.03. The van der Waals surface area contributed by atoms with Gasteiger partial charge < -0.3 is 10.1 Å². The van der Waals surface area contributed by atoms with Gasteiger partial charge in [0.1, 0.15) is 0 Å². The van der Waals surface area contributed by atoms with E-state index in [4.69, 9.17) is 4.74 Å². The van der Waals surface area contributed by atoms with E-state index >= 15 is 0 Å². The zero-order valence-electron chi connectivity index (χ0n) is 9.54. The van der Waals surface area contributed by atoms with Crippen molar-refractivity contribution in [2.75, 3.05) is 26.3 Å². The zero-order chi connectivity index (χ0) is 10.8. The van der Waals surface area contributed by atoms with Crippen LogP contribution in [0.5, 0.6) is 0 Å². The molecule has 1 aromatic carbocycles. The van der Waals surface area contributed by atoms with Crippen LogP contribution in [-0.2, 0) is 24.4 Å². The second-order valence-corrected chi connectivity index (χ2v) is 4.60. The van der Waals surface area contributed by atoms with Crippen molar-refractivity contribution in [3.05, 3.63) is 34.9 Å². The topological polar surface area (TPSA) is 24.5 Å². The maximum absolute atomic E-state index is 5.36. The Morgan fingerprint density at radius 2 is 1.94 bits per heavy atom. The van der Waals surface area contributed by atoms with Crippen molar-refractivity contribution in [1.29, 1.82) is 0 Å². The lowest BCUT2D eigenvalue weighted by Gasteiger charge is -2.26. The summed E-state index contributed by atoms with van der Waals surface area (Å²) in [4.78, 5) is 2.47.